The maximum atomic E-state index is 12.9. The van der Waals surface area contributed by atoms with Crippen LogP contribution in [0.1, 0.15) is 35.5 Å². The number of aliphatic hydroxyl groups is 1. The normalized spacial score (nSPS) is 17.0. The van der Waals surface area contributed by atoms with Crippen molar-refractivity contribution < 1.29 is 9.90 Å². The van der Waals surface area contributed by atoms with Crippen LogP contribution >= 0.6 is 0 Å². The van der Waals surface area contributed by atoms with Crippen LogP contribution in [0.25, 0.3) is 10.8 Å². The molecule has 1 amide bonds. The number of carbonyl (C=O) groups excluding carboxylic acids is 1. The van der Waals surface area contributed by atoms with Gasteiger partial charge in [0, 0.05) is 47.2 Å². The van der Waals surface area contributed by atoms with Crippen molar-refractivity contribution in [3.05, 3.63) is 41.5 Å². The predicted octanol–water partition coefficient (Wildman–Crippen LogP) is 2.67. The molecule has 2 N–H and O–H groups in total. The van der Waals surface area contributed by atoms with E-state index >= 15 is 0 Å². The number of benzene rings is 2. The number of nitrogens with one attached hydrogen (secondary N) is 1. The third-order valence-corrected chi connectivity index (χ3v) is 4.49. The fraction of sp³-hybridized carbons (Fsp3) is 0.421. The van der Waals surface area contributed by atoms with Crippen molar-refractivity contribution in [2.75, 3.05) is 39.0 Å². The second-order valence-corrected chi connectivity index (χ2v) is 6.53. The summed E-state index contributed by atoms with van der Waals surface area (Å²) >= 11 is 0. The minimum absolute atomic E-state index is 0.102. The first-order chi connectivity index (χ1) is 11.5. The summed E-state index contributed by atoms with van der Waals surface area (Å²) in [6, 6.07) is 9.71. The van der Waals surface area contributed by atoms with Gasteiger partial charge in [0.2, 0.25) is 0 Å². The lowest BCUT2D eigenvalue weighted by atomic mass is 9.92. The van der Waals surface area contributed by atoms with Gasteiger partial charge in [0.1, 0.15) is 0 Å². The first kappa shape index (κ1) is 16.7. The van der Waals surface area contributed by atoms with E-state index in [0.717, 1.165) is 35.0 Å². The molecule has 1 heterocycles. The van der Waals surface area contributed by atoms with Crippen LogP contribution in [-0.2, 0) is 0 Å². The lowest BCUT2D eigenvalue weighted by Crippen LogP contribution is -2.41. The quantitative estimate of drug-likeness (QED) is 0.856. The predicted molar refractivity (Wildman–Crippen MR) is 97.3 cm³/mol. The van der Waals surface area contributed by atoms with Gasteiger partial charge < -0.3 is 20.2 Å². The molecule has 1 unspecified atom stereocenters. The Morgan fingerprint density at radius 3 is 2.75 bits per heavy atom. The summed E-state index contributed by atoms with van der Waals surface area (Å²) in [5.41, 5.74) is 2.49. The van der Waals surface area contributed by atoms with Gasteiger partial charge in [0.15, 0.2) is 6.23 Å². The smallest absolute Gasteiger partial charge is 0.256 e. The van der Waals surface area contributed by atoms with E-state index in [0.29, 0.717) is 18.7 Å². The average molecular weight is 327 g/mol. The summed E-state index contributed by atoms with van der Waals surface area (Å²) in [6.07, 6.45) is 0.137. The lowest BCUT2D eigenvalue weighted by molar-refractivity contribution is 0.00280. The molecule has 1 aliphatic heterocycles. The van der Waals surface area contributed by atoms with Gasteiger partial charge in [-0.05, 0) is 32.6 Å². The molecular weight excluding hydrogens is 302 g/mol. The topological polar surface area (TPSA) is 55.8 Å². The number of amides is 1. The Kier molecular flexibility index (Phi) is 4.73. The van der Waals surface area contributed by atoms with E-state index in [1.807, 2.05) is 49.3 Å². The summed E-state index contributed by atoms with van der Waals surface area (Å²) in [5, 5.41) is 16.0. The number of carbonyl (C=O) groups is 1. The molecule has 1 aliphatic rings. The maximum absolute atomic E-state index is 12.9. The zero-order chi connectivity index (χ0) is 17.3. The number of rotatable bonds is 6. The standard InChI is InChI=1S/C19H25N3O2/c1-4-10-20-16-9-8-15-17-13(16)6-5-7-14(17)18(23)22(19(15)24)12-11-21(2)3/h5-9,18,20,23H,4,10-12H2,1-3H3. The van der Waals surface area contributed by atoms with Crippen molar-refractivity contribution in [2.45, 2.75) is 19.6 Å². The SMILES string of the molecule is CCCNc1ccc2c3c(cccc13)C(O)N(CCN(C)C)C2=O. The first-order valence-electron chi connectivity index (χ1n) is 8.48. The molecule has 0 saturated heterocycles. The number of aliphatic hydroxyl groups excluding tert-OH is 1. The summed E-state index contributed by atoms with van der Waals surface area (Å²) in [7, 11) is 3.92. The van der Waals surface area contributed by atoms with Gasteiger partial charge >= 0.3 is 0 Å². The monoisotopic (exact) mass is 327 g/mol. The molecule has 0 bridgehead atoms. The van der Waals surface area contributed by atoms with Gasteiger partial charge in [-0.2, -0.15) is 0 Å². The van der Waals surface area contributed by atoms with Crippen molar-refractivity contribution >= 4 is 22.4 Å². The highest BCUT2D eigenvalue weighted by molar-refractivity contribution is 6.13. The van der Waals surface area contributed by atoms with E-state index < -0.39 is 6.23 Å². The van der Waals surface area contributed by atoms with Crippen LogP contribution in [0.3, 0.4) is 0 Å². The van der Waals surface area contributed by atoms with E-state index in [-0.39, 0.29) is 5.91 Å². The Hall–Kier alpha value is -2.11. The Balaban J connectivity index is 2.06. The van der Waals surface area contributed by atoms with Gasteiger partial charge in [0.25, 0.3) is 5.91 Å². The van der Waals surface area contributed by atoms with Crippen LogP contribution in [0.2, 0.25) is 0 Å². The summed E-state index contributed by atoms with van der Waals surface area (Å²) in [5.74, 6) is -0.102. The molecule has 0 spiro atoms. The molecule has 0 radical (unpaired) electrons. The van der Waals surface area contributed by atoms with Crippen molar-refractivity contribution in [3.63, 3.8) is 0 Å². The van der Waals surface area contributed by atoms with Crippen molar-refractivity contribution in [3.8, 4) is 0 Å². The van der Waals surface area contributed by atoms with Crippen LogP contribution in [0.4, 0.5) is 5.69 Å². The fourth-order valence-corrected chi connectivity index (χ4v) is 3.21. The molecular formula is C19H25N3O2. The lowest BCUT2D eigenvalue weighted by Gasteiger charge is -2.34. The molecule has 5 heteroatoms. The highest BCUT2D eigenvalue weighted by atomic mass is 16.3. The maximum Gasteiger partial charge on any atom is 0.256 e. The highest BCUT2D eigenvalue weighted by Crippen LogP contribution is 2.38. The summed E-state index contributed by atoms with van der Waals surface area (Å²) in [4.78, 5) is 16.4. The zero-order valence-corrected chi connectivity index (χ0v) is 14.5. The van der Waals surface area contributed by atoms with Crippen LogP contribution in [0, 0.1) is 0 Å². The molecule has 2 aromatic carbocycles. The fourth-order valence-electron chi connectivity index (χ4n) is 3.21. The Morgan fingerprint density at radius 1 is 1.25 bits per heavy atom. The molecule has 0 aliphatic carbocycles. The number of anilines is 1. The molecule has 128 valence electrons. The molecule has 3 rings (SSSR count). The Morgan fingerprint density at radius 2 is 2.04 bits per heavy atom. The van der Waals surface area contributed by atoms with Crippen LogP contribution in [-0.4, -0.2) is 54.5 Å². The van der Waals surface area contributed by atoms with Gasteiger partial charge in [-0.25, -0.2) is 0 Å². The molecule has 1 atom stereocenters. The van der Waals surface area contributed by atoms with E-state index in [2.05, 4.69) is 12.2 Å². The molecule has 0 saturated carbocycles. The Labute approximate surface area is 142 Å². The third kappa shape index (κ3) is 2.85. The third-order valence-electron chi connectivity index (χ3n) is 4.49. The minimum atomic E-state index is -0.893. The van der Waals surface area contributed by atoms with Crippen molar-refractivity contribution in [1.82, 2.24) is 9.80 Å². The van der Waals surface area contributed by atoms with Gasteiger partial charge in [-0.15, -0.1) is 0 Å². The van der Waals surface area contributed by atoms with Gasteiger partial charge in [0.05, 0.1) is 0 Å². The zero-order valence-electron chi connectivity index (χ0n) is 14.5. The van der Waals surface area contributed by atoms with Crippen LogP contribution in [0.15, 0.2) is 30.3 Å². The summed E-state index contributed by atoms with van der Waals surface area (Å²) < 4.78 is 0. The molecule has 0 aromatic heterocycles. The first-order valence-corrected chi connectivity index (χ1v) is 8.48. The van der Waals surface area contributed by atoms with E-state index in [9.17, 15) is 9.90 Å². The van der Waals surface area contributed by atoms with E-state index in [4.69, 9.17) is 0 Å². The highest BCUT2D eigenvalue weighted by Gasteiger charge is 2.32. The second kappa shape index (κ2) is 6.79. The number of nitrogens with zero attached hydrogens (tertiary/aromatic N) is 2. The largest absolute Gasteiger partial charge is 0.385 e. The van der Waals surface area contributed by atoms with Crippen molar-refractivity contribution in [1.29, 1.82) is 0 Å². The molecule has 2 aromatic rings. The van der Waals surface area contributed by atoms with E-state index in [1.165, 1.54) is 0 Å². The Bertz CT molecular complexity index is 758. The van der Waals surface area contributed by atoms with Gasteiger partial charge in [-0.1, -0.05) is 25.1 Å². The average Bonchev–Trinajstić information content (AvgIpc) is 2.57. The number of hydrogen-bond acceptors (Lipinski definition) is 4. The van der Waals surface area contributed by atoms with E-state index in [1.54, 1.807) is 4.90 Å². The molecule has 0 fully saturated rings. The molecule has 24 heavy (non-hydrogen) atoms. The molecule has 5 nitrogen and oxygen atoms in total. The van der Waals surface area contributed by atoms with Crippen LogP contribution < -0.4 is 5.32 Å². The number of likely N-dealkylation sites (N-methyl/N-ethyl adjacent to an activating group) is 1. The number of hydrogen-bond donors (Lipinski definition) is 2. The van der Waals surface area contributed by atoms with Crippen molar-refractivity contribution in [2.24, 2.45) is 0 Å². The van der Waals surface area contributed by atoms with Crippen LogP contribution in [0.5, 0.6) is 0 Å². The minimum Gasteiger partial charge on any atom is -0.385 e. The summed E-state index contributed by atoms with van der Waals surface area (Å²) in [6.45, 7) is 4.21. The van der Waals surface area contributed by atoms with Gasteiger partial charge in [-0.3, -0.25) is 4.79 Å². The second-order valence-electron chi connectivity index (χ2n) is 6.53.